The third-order valence-corrected chi connectivity index (χ3v) is 3.93. The molecule has 0 fully saturated rings. The molecule has 0 unspecified atom stereocenters. The van der Waals surface area contributed by atoms with Gasteiger partial charge in [-0.05, 0) is 57.7 Å². The van der Waals surface area contributed by atoms with Gasteiger partial charge in [0.05, 0.1) is 6.61 Å². The topological polar surface area (TPSA) is 126 Å². The molecule has 1 atom stereocenters. The van der Waals surface area contributed by atoms with Crippen LogP contribution in [0, 0.1) is 0 Å². The number of anilines is 1. The highest BCUT2D eigenvalue weighted by atomic mass is 16.6. The van der Waals surface area contributed by atoms with Gasteiger partial charge in [-0.1, -0.05) is 24.8 Å². The number of benzene rings is 1. The van der Waals surface area contributed by atoms with Gasteiger partial charge in [0.15, 0.2) is 0 Å². The lowest BCUT2D eigenvalue weighted by atomic mass is 10.1. The van der Waals surface area contributed by atoms with Crippen molar-refractivity contribution in [2.24, 2.45) is 0 Å². The van der Waals surface area contributed by atoms with Gasteiger partial charge in [0.1, 0.15) is 18.2 Å². The molecule has 9 heteroatoms. The fourth-order valence-electron chi connectivity index (χ4n) is 2.49. The number of rotatable bonds is 11. The zero-order valence-corrected chi connectivity index (χ0v) is 18.4. The van der Waals surface area contributed by atoms with E-state index in [1.165, 1.54) is 6.08 Å². The standard InChI is InChI=1S/C22H33N3O6/c1-5-14-30-20(28)23-13-7-6-8-18(25-21(29)31-22(2,3)4)19(27)24-17-11-9-16(15-26)10-12-17/h5,9-12,18,26H,1,6-8,13-15H2,2-4H3,(H,23,28)(H,24,27)(H,25,29)/t18-/m0/s1. The number of hydrogen-bond donors (Lipinski definition) is 4. The van der Waals surface area contributed by atoms with Crippen molar-refractivity contribution in [1.29, 1.82) is 0 Å². The van der Waals surface area contributed by atoms with Crippen molar-refractivity contribution >= 4 is 23.8 Å². The Balaban J connectivity index is 2.62. The number of aliphatic hydroxyl groups excluding tert-OH is 1. The van der Waals surface area contributed by atoms with Gasteiger partial charge in [-0.15, -0.1) is 0 Å². The maximum Gasteiger partial charge on any atom is 0.408 e. The molecule has 31 heavy (non-hydrogen) atoms. The molecule has 0 saturated carbocycles. The van der Waals surface area contributed by atoms with Crippen LogP contribution in [0.2, 0.25) is 0 Å². The number of ether oxygens (including phenoxy) is 2. The van der Waals surface area contributed by atoms with Crippen LogP contribution in [0.5, 0.6) is 0 Å². The molecule has 0 radical (unpaired) electrons. The third kappa shape index (κ3) is 11.6. The Morgan fingerprint density at radius 2 is 1.81 bits per heavy atom. The van der Waals surface area contributed by atoms with E-state index in [1.807, 2.05) is 0 Å². The monoisotopic (exact) mass is 435 g/mol. The molecule has 1 aromatic carbocycles. The summed E-state index contributed by atoms with van der Waals surface area (Å²) in [5.74, 6) is -0.388. The van der Waals surface area contributed by atoms with Gasteiger partial charge in [-0.2, -0.15) is 0 Å². The minimum Gasteiger partial charge on any atom is -0.445 e. The van der Waals surface area contributed by atoms with Crippen LogP contribution in [0.3, 0.4) is 0 Å². The quantitative estimate of drug-likeness (QED) is 0.313. The summed E-state index contributed by atoms with van der Waals surface area (Å²) in [6.45, 7) is 9.09. The molecule has 0 saturated heterocycles. The van der Waals surface area contributed by atoms with Gasteiger partial charge in [0.25, 0.3) is 0 Å². The normalized spacial score (nSPS) is 11.7. The van der Waals surface area contributed by atoms with E-state index >= 15 is 0 Å². The summed E-state index contributed by atoms with van der Waals surface area (Å²) in [6.07, 6.45) is 1.76. The van der Waals surface area contributed by atoms with E-state index in [-0.39, 0.29) is 19.1 Å². The second-order valence-corrected chi connectivity index (χ2v) is 7.85. The van der Waals surface area contributed by atoms with Gasteiger partial charge in [-0.3, -0.25) is 4.79 Å². The summed E-state index contributed by atoms with van der Waals surface area (Å²) in [7, 11) is 0. The van der Waals surface area contributed by atoms with E-state index in [0.717, 1.165) is 5.56 Å². The smallest absolute Gasteiger partial charge is 0.408 e. The minimum absolute atomic E-state index is 0.0911. The number of aliphatic hydroxyl groups is 1. The van der Waals surface area contributed by atoms with Gasteiger partial charge in [0, 0.05) is 12.2 Å². The van der Waals surface area contributed by atoms with Crippen LogP contribution in [-0.2, 0) is 20.9 Å². The highest BCUT2D eigenvalue weighted by Gasteiger charge is 2.24. The van der Waals surface area contributed by atoms with Crippen LogP contribution < -0.4 is 16.0 Å². The Morgan fingerprint density at radius 3 is 2.39 bits per heavy atom. The van der Waals surface area contributed by atoms with Crippen LogP contribution in [0.1, 0.15) is 45.6 Å². The van der Waals surface area contributed by atoms with Crippen LogP contribution in [0.15, 0.2) is 36.9 Å². The van der Waals surface area contributed by atoms with Crippen LogP contribution in [-0.4, -0.2) is 48.0 Å². The molecule has 0 aliphatic carbocycles. The Kier molecular flexibility index (Phi) is 11.1. The molecular formula is C22H33N3O6. The number of carbonyl (C=O) groups is 3. The largest absolute Gasteiger partial charge is 0.445 e. The van der Waals surface area contributed by atoms with Crippen LogP contribution in [0.25, 0.3) is 0 Å². The van der Waals surface area contributed by atoms with Gasteiger partial charge in [0.2, 0.25) is 5.91 Å². The van der Waals surface area contributed by atoms with Crippen molar-refractivity contribution in [3.63, 3.8) is 0 Å². The first-order valence-corrected chi connectivity index (χ1v) is 10.2. The van der Waals surface area contributed by atoms with Crippen molar-refractivity contribution in [3.8, 4) is 0 Å². The Hall–Kier alpha value is -3.07. The highest BCUT2D eigenvalue weighted by Crippen LogP contribution is 2.12. The van der Waals surface area contributed by atoms with E-state index in [9.17, 15) is 14.4 Å². The SMILES string of the molecule is C=CCOC(=O)NCCCC[C@H](NC(=O)OC(C)(C)C)C(=O)Nc1ccc(CO)cc1. The van der Waals surface area contributed by atoms with Crippen molar-refractivity contribution in [2.75, 3.05) is 18.5 Å². The second kappa shape index (κ2) is 13.3. The number of unbranched alkanes of at least 4 members (excludes halogenated alkanes) is 1. The van der Waals surface area contributed by atoms with Gasteiger partial charge in [-0.25, -0.2) is 9.59 Å². The van der Waals surface area contributed by atoms with E-state index < -0.39 is 23.8 Å². The first-order valence-electron chi connectivity index (χ1n) is 10.2. The fraction of sp³-hybridized carbons (Fsp3) is 0.500. The molecule has 4 N–H and O–H groups in total. The van der Waals surface area contributed by atoms with E-state index in [4.69, 9.17) is 14.6 Å². The second-order valence-electron chi connectivity index (χ2n) is 7.85. The highest BCUT2D eigenvalue weighted by molar-refractivity contribution is 5.96. The Morgan fingerprint density at radius 1 is 1.13 bits per heavy atom. The summed E-state index contributed by atoms with van der Waals surface area (Å²) >= 11 is 0. The molecule has 0 bridgehead atoms. The Labute approximate surface area is 183 Å². The predicted molar refractivity (Wildman–Crippen MR) is 118 cm³/mol. The molecule has 172 valence electrons. The maximum atomic E-state index is 12.7. The molecule has 1 aromatic rings. The molecular weight excluding hydrogens is 402 g/mol. The van der Waals surface area contributed by atoms with Crippen LogP contribution in [0.4, 0.5) is 15.3 Å². The molecule has 3 amide bonds. The molecule has 0 aliphatic rings. The summed E-state index contributed by atoms with van der Waals surface area (Å²) in [4.78, 5) is 36.3. The molecule has 9 nitrogen and oxygen atoms in total. The number of hydrogen-bond acceptors (Lipinski definition) is 6. The predicted octanol–water partition coefficient (Wildman–Crippen LogP) is 3.09. The zero-order chi connectivity index (χ0) is 23.3. The fourth-order valence-corrected chi connectivity index (χ4v) is 2.49. The van der Waals surface area contributed by atoms with Gasteiger partial charge < -0.3 is 30.5 Å². The summed E-state index contributed by atoms with van der Waals surface area (Å²) in [6, 6.07) is 5.92. The molecule has 0 aliphatic heterocycles. The lowest BCUT2D eigenvalue weighted by Crippen LogP contribution is -2.45. The number of alkyl carbamates (subject to hydrolysis) is 2. The maximum absolute atomic E-state index is 12.7. The first kappa shape index (κ1) is 26.0. The first-order chi connectivity index (χ1) is 14.6. The van der Waals surface area contributed by atoms with Gasteiger partial charge >= 0.3 is 12.2 Å². The number of nitrogens with one attached hydrogen (secondary N) is 3. The average Bonchev–Trinajstić information content (AvgIpc) is 2.70. The molecule has 0 aromatic heterocycles. The zero-order valence-electron chi connectivity index (χ0n) is 18.4. The minimum atomic E-state index is -0.819. The molecule has 0 spiro atoms. The summed E-state index contributed by atoms with van der Waals surface area (Å²) in [5.41, 5.74) is 0.575. The van der Waals surface area contributed by atoms with Crippen molar-refractivity contribution in [2.45, 2.75) is 58.3 Å². The van der Waals surface area contributed by atoms with Crippen LogP contribution >= 0.6 is 0 Å². The average molecular weight is 436 g/mol. The van der Waals surface area contributed by atoms with E-state index in [2.05, 4.69) is 22.5 Å². The van der Waals surface area contributed by atoms with Crippen molar-refractivity contribution in [3.05, 3.63) is 42.5 Å². The lowest BCUT2D eigenvalue weighted by molar-refractivity contribution is -0.118. The number of carbonyl (C=O) groups excluding carboxylic acids is 3. The van der Waals surface area contributed by atoms with Crippen molar-refractivity contribution < 1.29 is 29.0 Å². The molecule has 1 rings (SSSR count). The van der Waals surface area contributed by atoms with Crippen molar-refractivity contribution in [1.82, 2.24) is 10.6 Å². The Bertz CT molecular complexity index is 728. The third-order valence-electron chi connectivity index (χ3n) is 3.93. The van der Waals surface area contributed by atoms with E-state index in [0.29, 0.717) is 31.5 Å². The lowest BCUT2D eigenvalue weighted by Gasteiger charge is -2.23. The number of amides is 3. The van der Waals surface area contributed by atoms with E-state index in [1.54, 1.807) is 45.0 Å². The summed E-state index contributed by atoms with van der Waals surface area (Å²) < 4.78 is 10.1. The molecule has 0 heterocycles. The summed E-state index contributed by atoms with van der Waals surface area (Å²) in [5, 5.41) is 17.1.